The van der Waals surface area contributed by atoms with Crippen molar-refractivity contribution in [1.29, 1.82) is 0 Å². The van der Waals surface area contributed by atoms with Gasteiger partial charge in [0.1, 0.15) is 12.1 Å². The van der Waals surface area contributed by atoms with Crippen LogP contribution in [0.25, 0.3) is 0 Å². The monoisotopic (exact) mass is 478 g/mol. The molecule has 34 heavy (non-hydrogen) atoms. The number of phenols is 4. The zero-order valence-electron chi connectivity index (χ0n) is 18.3. The summed E-state index contributed by atoms with van der Waals surface area (Å²) in [4.78, 5) is 43.3. The second-order valence-electron chi connectivity index (χ2n) is 7.24. The number of hydrogen-bond acceptors (Lipinski definition) is 8. The van der Waals surface area contributed by atoms with Crippen LogP contribution in [0.3, 0.4) is 0 Å². The molecule has 2 atom stereocenters. The summed E-state index contributed by atoms with van der Waals surface area (Å²) in [5.74, 6) is -4.41. The number of rotatable bonds is 8. The van der Waals surface area contributed by atoms with Gasteiger partial charge in [-0.1, -0.05) is 12.1 Å². The Morgan fingerprint density at radius 3 is 1.21 bits per heavy atom. The molecule has 0 fully saturated rings. The van der Waals surface area contributed by atoms with E-state index in [0.29, 0.717) is 11.1 Å². The van der Waals surface area contributed by atoms with Crippen LogP contribution < -0.4 is 10.6 Å². The summed E-state index contributed by atoms with van der Waals surface area (Å²) in [5.41, 5.74) is 1.00. The van der Waals surface area contributed by atoms with Gasteiger partial charge in [0.05, 0.1) is 0 Å². The maximum absolute atomic E-state index is 10.9. The van der Waals surface area contributed by atoms with E-state index < -0.39 is 35.8 Å². The predicted molar refractivity (Wildman–Crippen MR) is 117 cm³/mol. The first kappa shape index (κ1) is 27.6. The second kappa shape index (κ2) is 12.5. The standard InChI is InChI=1S/2C11H13NO5/c2*1-6(13)12-8(11(16)17)4-7-2-3-9(14)10(15)5-7/h2*2-3,5,8,14-15H,4H2,1H3,(H,12,13)(H,16,17)/t2*8-/m00/s1. The summed E-state index contributed by atoms with van der Waals surface area (Å²) in [6.07, 6.45) is 0.0610. The van der Waals surface area contributed by atoms with Crippen molar-refractivity contribution in [3.8, 4) is 23.0 Å². The summed E-state index contributed by atoms with van der Waals surface area (Å²) in [7, 11) is 0. The zero-order valence-corrected chi connectivity index (χ0v) is 18.3. The van der Waals surface area contributed by atoms with E-state index in [1.54, 1.807) is 0 Å². The van der Waals surface area contributed by atoms with Crippen molar-refractivity contribution in [2.24, 2.45) is 0 Å². The van der Waals surface area contributed by atoms with Crippen LogP contribution >= 0.6 is 0 Å². The van der Waals surface area contributed by atoms with E-state index in [0.717, 1.165) is 0 Å². The van der Waals surface area contributed by atoms with Gasteiger partial charge in [0.25, 0.3) is 0 Å². The van der Waals surface area contributed by atoms with Crippen LogP contribution in [0.5, 0.6) is 23.0 Å². The number of aliphatic carboxylic acids is 2. The Balaban J connectivity index is 0.000000340. The lowest BCUT2D eigenvalue weighted by Crippen LogP contribution is -2.41. The molecule has 0 aliphatic heterocycles. The van der Waals surface area contributed by atoms with E-state index in [9.17, 15) is 29.4 Å². The van der Waals surface area contributed by atoms with Crippen LogP contribution in [0.15, 0.2) is 36.4 Å². The smallest absolute Gasteiger partial charge is 0.326 e. The zero-order chi connectivity index (χ0) is 26.0. The van der Waals surface area contributed by atoms with E-state index in [2.05, 4.69) is 10.6 Å². The molecule has 2 aromatic rings. The number of amides is 2. The van der Waals surface area contributed by atoms with E-state index in [1.807, 2.05) is 0 Å². The maximum Gasteiger partial charge on any atom is 0.326 e. The quantitative estimate of drug-likeness (QED) is 0.245. The van der Waals surface area contributed by atoms with Crippen molar-refractivity contribution >= 4 is 23.8 Å². The van der Waals surface area contributed by atoms with Gasteiger partial charge in [0.2, 0.25) is 11.8 Å². The van der Waals surface area contributed by atoms with Crippen LogP contribution in [-0.4, -0.2) is 66.5 Å². The fourth-order valence-corrected chi connectivity index (χ4v) is 2.75. The molecule has 0 unspecified atom stereocenters. The van der Waals surface area contributed by atoms with Crippen LogP contribution in [0.1, 0.15) is 25.0 Å². The first-order valence-corrected chi connectivity index (χ1v) is 9.81. The van der Waals surface area contributed by atoms with Gasteiger partial charge in [-0.3, -0.25) is 9.59 Å². The number of hydrogen-bond donors (Lipinski definition) is 8. The molecule has 12 nitrogen and oxygen atoms in total. The highest BCUT2D eigenvalue weighted by Gasteiger charge is 2.20. The number of phenolic OH excluding ortho intramolecular Hbond substituents is 4. The number of nitrogens with one attached hydrogen (secondary N) is 2. The van der Waals surface area contributed by atoms with Gasteiger partial charge in [-0.25, -0.2) is 9.59 Å². The fraction of sp³-hybridized carbons (Fsp3) is 0.273. The van der Waals surface area contributed by atoms with Gasteiger partial charge >= 0.3 is 11.9 Å². The molecule has 0 saturated heterocycles. The lowest BCUT2D eigenvalue weighted by Gasteiger charge is -2.13. The molecule has 0 spiro atoms. The topological polar surface area (TPSA) is 214 Å². The molecular formula is C22H26N2O10. The first-order valence-electron chi connectivity index (χ1n) is 9.81. The Bertz CT molecular complexity index is 970. The van der Waals surface area contributed by atoms with Crippen LogP contribution in [0, 0.1) is 0 Å². The van der Waals surface area contributed by atoms with Crippen molar-refractivity contribution in [3.05, 3.63) is 47.5 Å². The third-order valence-corrected chi connectivity index (χ3v) is 4.31. The van der Waals surface area contributed by atoms with Gasteiger partial charge < -0.3 is 41.3 Å². The SMILES string of the molecule is CC(=O)N[C@@H](Cc1ccc(O)c(O)c1)C(=O)O.CC(=O)N[C@@H](Cc1ccc(O)c(O)c1)C(=O)O. The first-order chi connectivity index (χ1) is 15.8. The summed E-state index contributed by atoms with van der Waals surface area (Å²) in [6, 6.07) is 5.88. The number of benzene rings is 2. The van der Waals surface area contributed by atoms with Crippen molar-refractivity contribution < 1.29 is 49.8 Å². The highest BCUT2D eigenvalue weighted by atomic mass is 16.4. The number of carbonyl (C=O) groups excluding carboxylic acids is 2. The number of carboxylic acid groups (broad SMARTS) is 2. The molecule has 0 heterocycles. The lowest BCUT2D eigenvalue weighted by atomic mass is 10.1. The Labute approximate surface area is 194 Å². The molecule has 2 amide bonds. The van der Waals surface area contributed by atoms with Crippen LogP contribution in [0.2, 0.25) is 0 Å². The normalized spacial score (nSPS) is 11.8. The number of aromatic hydroxyl groups is 4. The largest absolute Gasteiger partial charge is 0.504 e. The molecule has 2 rings (SSSR count). The van der Waals surface area contributed by atoms with Gasteiger partial charge in [-0.2, -0.15) is 0 Å². The Hall–Kier alpha value is -4.48. The third-order valence-electron chi connectivity index (χ3n) is 4.31. The second-order valence-corrected chi connectivity index (χ2v) is 7.24. The molecule has 0 aliphatic rings. The summed E-state index contributed by atoms with van der Waals surface area (Å²) >= 11 is 0. The summed E-state index contributed by atoms with van der Waals surface area (Å²) in [5, 5.41) is 59.0. The minimum absolute atomic E-state index is 0.0305. The molecule has 0 aliphatic carbocycles. The third kappa shape index (κ3) is 9.34. The van der Waals surface area contributed by atoms with E-state index in [-0.39, 0.29) is 35.8 Å². The van der Waals surface area contributed by atoms with Crippen molar-refractivity contribution in [3.63, 3.8) is 0 Å². The van der Waals surface area contributed by atoms with Crippen LogP contribution in [0.4, 0.5) is 0 Å². The lowest BCUT2D eigenvalue weighted by molar-refractivity contribution is -0.141. The Morgan fingerprint density at radius 1 is 0.647 bits per heavy atom. The Kier molecular flexibility index (Phi) is 10.2. The summed E-state index contributed by atoms with van der Waals surface area (Å²) in [6.45, 7) is 2.45. The van der Waals surface area contributed by atoms with Gasteiger partial charge in [-0.15, -0.1) is 0 Å². The minimum Gasteiger partial charge on any atom is -0.504 e. The van der Waals surface area contributed by atoms with Crippen molar-refractivity contribution in [1.82, 2.24) is 10.6 Å². The summed E-state index contributed by atoms with van der Waals surface area (Å²) < 4.78 is 0. The molecular weight excluding hydrogens is 452 g/mol. The fourth-order valence-electron chi connectivity index (χ4n) is 2.75. The molecule has 8 N–H and O–H groups in total. The molecule has 12 heteroatoms. The molecule has 184 valence electrons. The number of carbonyl (C=O) groups is 4. The van der Waals surface area contributed by atoms with Crippen LogP contribution in [-0.2, 0) is 32.0 Å². The molecule has 0 aromatic heterocycles. The van der Waals surface area contributed by atoms with Gasteiger partial charge in [-0.05, 0) is 35.4 Å². The predicted octanol–water partition coefficient (Wildman–Crippen LogP) is 0.459. The molecule has 0 radical (unpaired) electrons. The van der Waals surface area contributed by atoms with Gasteiger partial charge in [0, 0.05) is 26.7 Å². The van der Waals surface area contributed by atoms with Crippen molar-refractivity contribution in [2.45, 2.75) is 38.8 Å². The maximum atomic E-state index is 10.9. The van der Waals surface area contributed by atoms with E-state index in [4.69, 9.17) is 20.4 Å². The van der Waals surface area contributed by atoms with E-state index in [1.165, 1.54) is 50.2 Å². The highest BCUT2D eigenvalue weighted by molar-refractivity contribution is 5.83. The average molecular weight is 478 g/mol. The molecule has 2 aromatic carbocycles. The molecule has 0 saturated carbocycles. The number of carboxylic acids is 2. The van der Waals surface area contributed by atoms with E-state index >= 15 is 0 Å². The highest BCUT2D eigenvalue weighted by Crippen LogP contribution is 2.26. The minimum atomic E-state index is -1.16. The molecule has 0 bridgehead atoms. The Morgan fingerprint density at radius 2 is 0.971 bits per heavy atom. The van der Waals surface area contributed by atoms with Gasteiger partial charge in [0.15, 0.2) is 23.0 Å². The average Bonchev–Trinajstić information content (AvgIpc) is 2.72. The van der Waals surface area contributed by atoms with Crippen molar-refractivity contribution in [2.75, 3.05) is 0 Å².